The number of aryl methyl sites for hydroxylation is 1. The van der Waals surface area contributed by atoms with Crippen LogP contribution >= 0.6 is 0 Å². The van der Waals surface area contributed by atoms with E-state index in [9.17, 15) is 0 Å². The van der Waals surface area contributed by atoms with Gasteiger partial charge in [-0.05, 0) is 32.1 Å². The first-order chi connectivity index (χ1) is 10.2. The molecule has 0 aromatic carbocycles. The first-order valence-electron chi connectivity index (χ1n) is 8.04. The molecule has 1 aromatic heterocycles. The van der Waals surface area contributed by atoms with Crippen LogP contribution in [-0.2, 0) is 4.74 Å². The van der Waals surface area contributed by atoms with Crippen molar-refractivity contribution < 1.29 is 4.74 Å². The van der Waals surface area contributed by atoms with Gasteiger partial charge in [-0.3, -0.25) is 0 Å². The van der Waals surface area contributed by atoms with Gasteiger partial charge in [-0.2, -0.15) is 0 Å². The lowest BCUT2D eigenvalue weighted by Crippen LogP contribution is -2.45. The SMILES string of the molecule is Cc1cc(N(C)C2CCN(CC3CCOC3)CC2)ncn1. The lowest BCUT2D eigenvalue weighted by Gasteiger charge is -2.38. The minimum Gasteiger partial charge on any atom is -0.381 e. The maximum Gasteiger partial charge on any atom is 0.132 e. The second-order valence-corrected chi connectivity index (χ2v) is 6.39. The summed E-state index contributed by atoms with van der Waals surface area (Å²) in [7, 11) is 2.16. The van der Waals surface area contributed by atoms with Crippen LogP contribution < -0.4 is 4.90 Å². The summed E-state index contributed by atoms with van der Waals surface area (Å²) in [5, 5.41) is 0. The predicted octanol–water partition coefficient (Wildman–Crippen LogP) is 1.72. The average Bonchev–Trinajstić information content (AvgIpc) is 3.00. The number of hydrogen-bond donors (Lipinski definition) is 0. The van der Waals surface area contributed by atoms with Crippen LogP contribution in [0.5, 0.6) is 0 Å². The molecule has 2 aliphatic rings. The zero-order valence-corrected chi connectivity index (χ0v) is 13.2. The van der Waals surface area contributed by atoms with Crippen molar-refractivity contribution in [3.8, 4) is 0 Å². The number of nitrogens with zero attached hydrogens (tertiary/aromatic N) is 4. The highest BCUT2D eigenvalue weighted by Crippen LogP contribution is 2.22. The number of likely N-dealkylation sites (tertiary alicyclic amines) is 1. The molecule has 2 saturated heterocycles. The Morgan fingerprint density at radius 3 is 2.76 bits per heavy atom. The molecule has 1 unspecified atom stereocenters. The van der Waals surface area contributed by atoms with E-state index in [2.05, 4.69) is 32.9 Å². The summed E-state index contributed by atoms with van der Waals surface area (Å²) in [6.07, 6.45) is 5.33. The van der Waals surface area contributed by atoms with Crippen LogP contribution in [0.2, 0.25) is 0 Å². The van der Waals surface area contributed by atoms with Crippen molar-refractivity contribution in [2.24, 2.45) is 5.92 Å². The molecule has 0 bridgehead atoms. The predicted molar refractivity (Wildman–Crippen MR) is 83.6 cm³/mol. The van der Waals surface area contributed by atoms with Gasteiger partial charge in [0.15, 0.2) is 0 Å². The van der Waals surface area contributed by atoms with Crippen molar-refractivity contribution in [2.75, 3.05) is 44.8 Å². The minimum absolute atomic E-state index is 0.593. The Hall–Kier alpha value is -1.20. The number of anilines is 1. The molecule has 5 heteroatoms. The van der Waals surface area contributed by atoms with Crippen LogP contribution in [0.4, 0.5) is 5.82 Å². The quantitative estimate of drug-likeness (QED) is 0.844. The Balaban J connectivity index is 1.50. The zero-order chi connectivity index (χ0) is 14.7. The molecule has 1 aromatic rings. The molecule has 0 aliphatic carbocycles. The van der Waals surface area contributed by atoms with Gasteiger partial charge in [0.05, 0.1) is 6.61 Å². The molecule has 2 fully saturated rings. The summed E-state index contributed by atoms with van der Waals surface area (Å²) in [6.45, 7) is 7.52. The third-order valence-electron chi connectivity index (χ3n) is 4.80. The highest BCUT2D eigenvalue weighted by atomic mass is 16.5. The summed E-state index contributed by atoms with van der Waals surface area (Å²) >= 11 is 0. The lowest BCUT2D eigenvalue weighted by atomic mass is 10.0. The van der Waals surface area contributed by atoms with Crippen LogP contribution in [0, 0.1) is 12.8 Å². The summed E-state index contributed by atoms with van der Waals surface area (Å²) in [4.78, 5) is 13.5. The van der Waals surface area contributed by atoms with E-state index in [1.165, 1.54) is 38.9 Å². The van der Waals surface area contributed by atoms with Crippen LogP contribution in [0.25, 0.3) is 0 Å². The zero-order valence-electron chi connectivity index (χ0n) is 13.2. The van der Waals surface area contributed by atoms with Gasteiger partial charge in [0.1, 0.15) is 12.1 Å². The maximum absolute atomic E-state index is 5.48. The minimum atomic E-state index is 0.593. The van der Waals surface area contributed by atoms with Gasteiger partial charge in [-0.1, -0.05) is 0 Å². The highest BCUT2D eigenvalue weighted by molar-refractivity contribution is 5.39. The standard InChI is InChI=1S/C16H26N4O/c1-13-9-16(18-12-17-13)19(2)15-3-6-20(7-4-15)10-14-5-8-21-11-14/h9,12,14-15H,3-8,10-11H2,1-2H3. The van der Waals surface area contributed by atoms with Gasteiger partial charge in [0.25, 0.3) is 0 Å². The third-order valence-corrected chi connectivity index (χ3v) is 4.80. The summed E-state index contributed by atoms with van der Waals surface area (Å²) in [5.41, 5.74) is 1.03. The molecule has 3 rings (SSSR count). The fourth-order valence-electron chi connectivity index (χ4n) is 3.40. The Labute approximate surface area is 127 Å². The molecule has 0 saturated carbocycles. The smallest absolute Gasteiger partial charge is 0.132 e. The Morgan fingerprint density at radius 2 is 2.10 bits per heavy atom. The van der Waals surface area contributed by atoms with E-state index in [-0.39, 0.29) is 0 Å². The number of ether oxygens (including phenoxy) is 1. The van der Waals surface area contributed by atoms with E-state index < -0.39 is 0 Å². The first kappa shape index (κ1) is 14.7. The van der Waals surface area contributed by atoms with E-state index in [1.807, 2.05) is 6.92 Å². The molecular weight excluding hydrogens is 264 g/mol. The van der Waals surface area contributed by atoms with Crippen LogP contribution in [0.1, 0.15) is 25.0 Å². The number of hydrogen-bond acceptors (Lipinski definition) is 5. The molecule has 0 N–H and O–H groups in total. The van der Waals surface area contributed by atoms with Gasteiger partial charge in [-0.15, -0.1) is 0 Å². The highest BCUT2D eigenvalue weighted by Gasteiger charge is 2.26. The second kappa shape index (κ2) is 6.71. The summed E-state index contributed by atoms with van der Waals surface area (Å²) in [6, 6.07) is 2.66. The molecule has 116 valence electrons. The van der Waals surface area contributed by atoms with Crippen LogP contribution in [0.15, 0.2) is 12.4 Å². The topological polar surface area (TPSA) is 41.5 Å². The second-order valence-electron chi connectivity index (χ2n) is 6.39. The van der Waals surface area contributed by atoms with E-state index in [0.717, 1.165) is 30.6 Å². The van der Waals surface area contributed by atoms with Crippen molar-refractivity contribution >= 4 is 5.82 Å². The van der Waals surface area contributed by atoms with Gasteiger partial charge in [-0.25, -0.2) is 9.97 Å². The van der Waals surface area contributed by atoms with Crippen LogP contribution in [-0.4, -0.2) is 60.8 Å². The molecule has 21 heavy (non-hydrogen) atoms. The van der Waals surface area contributed by atoms with Gasteiger partial charge in [0, 0.05) is 51.1 Å². The number of rotatable bonds is 4. The number of piperidine rings is 1. The molecule has 1 atom stereocenters. The van der Waals surface area contributed by atoms with Crippen molar-refractivity contribution in [3.05, 3.63) is 18.1 Å². The summed E-state index contributed by atoms with van der Waals surface area (Å²) in [5.74, 6) is 1.80. The Bertz CT molecular complexity index is 453. The molecule has 2 aliphatic heterocycles. The first-order valence-corrected chi connectivity index (χ1v) is 8.04. The summed E-state index contributed by atoms with van der Waals surface area (Å²) < 4.78 is 5.48. The van der Waals surface area contributed by atoms with Crippen molar-refractivity contribution in [3.63, 3.8) is 0 Å². The van der Waals surface area contributed by atoms with Gasteiger partial charge in [0.2, 0.25) is 0 Å². The van der Waals surface area contributed by atoms with E-state index in [1.54, 1.807) is 6.33 Å². The molecular formula is C16H26N4O. The monoisotopic (exact) mass is 290 g/mol. The Kier molecular flexibility index (Phi) is 4.70. The average molecular weight is 290 g/mol. The maximum atomic E-state index is 5.48. The third kappa shape index (κ3) is 3.71. The molecule has 0 amide bonds. The van der Waals surface area contributed by atoms with Gasteiger partial charge >= 0.3 is 0 Å². The molecule has 0 radical (unpaired) electrons. The van der Waals surface area contributed by atoms with Crippen molar-refractivity contribution in [1.29, 1.82) is 0 Å². The normalized spacial score (nSPS) is 24.4. The van der Waals surface area contributed by atoms with E-state index in [4.69, 9.17) is 4.74 Å². The molecule has 3 heterocycles. The molecule has 5 nitrogen and oxygen atoms in total. The Morgan fingerprint density at radius 1 is 1.29 bits per heavy atom. The van der Waals surface area contributed by atoms with E-state index >= 15 is 0 Å². The van der Waals surface area contributed by atoms with Crippen molar-refractivity contribution in [1.82, 2.24) is 14.9 Å². The van der Waals surface area contributed by atoms with E-state index in [0.29, 0.717) is 6.04 Å². The van der Waals surface area contributed by atoms with Crippen molar-refractivity contribution in [2.45, 2.75) is 32.2 Å². The largest absolute Gasteiger partial charge is 0.381 e. The number of aromatic nitrogens is 2. The van der Waals surface area contributed by atoms with Gasteiger partial charge < -0.3 is 14.5 Å². The lowest BCUT2D eigenvalue weighted by molar-refractivity contribution is 0.152. The fourth-order valence-corrected chi connectivity index (χ4v) is 3.40. The fraction of sp³-hybridized carbons (Fsp3) is 0.750. The van der Waals surface area contributed by atoms with Crippen LogP contribution in [0.3, 0.4) is 0 Å². The molecule has 0 spiro atoms.